The van der Waals surface area contributed by atoms with Crippen molar-refractivity contribution in [1.29, 1.82) is 0 Å². The van der Waals surface area contributed by atoms with E-state index in [0.717, 1.165) is 6.92 Å². The summed E-state index contributed by atoms with van der Waals surface area (Å²) in [5.74, 6) is -0.667. The van der Waals surface area contributed by atoms with Crippen LogP contribution in [0, 0.1) is 0 Å². The molecule has 0 saturated carbocycles. The summed E-state index contributed by atoms with van der Waals surface area (Å²) in [4.78, 5) is 9.00. The van der Waals surface area contributed by atoms with Crippen molar-refractivity contribution >= 4 is 5.97 Å². The van der Waals surface area contributed by atoms with Gasteiger partial charge in [0, 0.05) is 6.92 Å². The van der Waals surface area contributed by atoms with Crippen molar-refractivity contribution in [3.63, 3.8) is 0 Å². The highest BCUT2D eigenvalue weighted by atomic mass is 16.4. The van der Waals surface area contributed by atoms with Gasteiger partial charge in [0.05, 0.1) is 5.76 Å². The lowest BCUT2D eigenvalue weighted by molar-refractivity contribution is -0.134. The molecule has 0 rings (SSSR count). The predicted molar refractivity (Wildman–Crippen MR) is 30.8 cm³/mol. The van der Waals surface area contributed by atoms with Crippen molar-refractivity contribution in [3.8, 4) is 0 Å². The van der Waals surface area contributed by atoms with Crippen molar-refractivity contribution < 1.29 is 15.0 Å². The molecule has 0 aliphatic heterocycles. The second kappa shape index (κ2) is 6.01. The maximum Gasteiger partial charge on any atom is 0.300 e. The van der Waals surface area contributed by atoms with Crippen LogP contribution in [0.15, 0.2) is 12.3 Å². The van der Waals surface area contributed by atoms with E-state index < -0.39 is 5.97 Å². The number of aliphatic hydroxyl groups excluding tert-OH is 1. The van der Waals surface area contributed by atoms with Gasteiger partial charge in [-0.25, -0.2) is 0 Å². The number of hydrogen-bond donors (Lipinski definition) is 2. The van der Waals surface area contributed by atoms with Gasteiger partial charge in [-0.3, -0.25) is 4.79 Å². The van der Waals surface area contributed by atoms with Gasteiger partial charge in [-0.2, -0.15) is 0 Å². The molecule has 0 aliphatic carbocycles. The van der Waals surface area contributed by atoms with Crippen LogP contribution < -0.4 is 0 Å². The lowest BCUT2D eigenvalue weighted by Gasteiger charge is -1.68. The molecule has 2 N–H and O–H groups in total. The Balaban J connectivity index is 0. The molecule has 0 amide bonds. The molecule has 0 saturated heterocycles. The van der Waals surface area contributed by atoms with Gasteiger partial charge in [0.2, 0.25) is 0 Å². The van der Waals surface area contributed by atoms with E-state index in [0.29, 0.717) is 0 Å². The summed E-state index contributed by atoms with van der Waals surface area (Å²) in [6.07, 6.45) is 0. The number of carboxylic acid groups (broad SMARTS) is 1. The summed E-state index contributed by atoms with van der Waals surface area (Å²) in [7, 11) is 0. The standard InChI is InChI=1S/C3H6O.C2H4O2/c1-3(2)4;1-2(3)4/h4H,1H2,2H3;1H3,(H,3,4). The van der Waals surface area contributed by atoms with E-state index in [1.54, 1.807) is 0 Å². The van der Waals surface area contributed by atoms with Crippen LogP contribution in [-0.2, 0) is 4.79 Å². The van der Waals surface area contributed by atoms with E-state index in [2.05, 4.69) is 6.58 Å². The first-order chi connectivity index (χ1) is 3.46. The van der Waals surface area contributed by atoms with Gasteiger partial charge < -0.3 is 10.2 Å². The van der Waals surface area contributed by atoms with E-state index >= 15 is 0 Å². The summed E-state index contributed by atoms with van der Waals surface area (Å²) in [6, 6.07) is 0. The van der Waals surface area contributed by atoms with E-state index in [-0.39, 0.29) is 5.76 Å². The van der Waals surface area contributed by atoms with Crippen LogP contribution in [0.25, 0.3) is 0 Å². The Kier molecular flexibility index (Phi) is 7.58. The molecule has 0 aromatic rings. The normalized spacial score (nSPS) is 6.25. The first-order valence-electron chi connectivity index (χ1n) is 2.00. The second-order valence-corrected chi connectivity index (χ2v) is 1.25. The Morgan fingerprint density at radius 1 is 1.38 bits per heavy atom. The number of carboxylic acids is 1. The minimum Gasteiger partial charge on any atom is -0.513 e. The molecule has 0 fully saturated rings. The Morgan fingerprint density at radius 3 is 1.38 bits per heavy atom. The third kappa shape index (κ3) is 82.2. The third-order valence-electron chi connectivity index (χ3n) is 0. The molecule has 0 spiro atoms. The molecule has 0 aromatic carbocycles. The van der Waals surface area contributed by atoms with E-state index in [9.17, 15) is 0 Å². The summed E-state index contributed by atoms with van der Waals surface area (Å²) in [5, 5.41) is 15.3. The Hall–Kier alpha value is -0.990. The van der Waals surface area contributed by atoms with Crippen LogP contribution >= 0.6 is 0 Å². The van der Waals surface area contributed by atoms with Crippen molar-refractivity contribution in [3.05, 3.63) is 12.3 Å². The first kappa shape index (κ1) is 10.1. The minimum atomic E-state index is -0.833. The summed E-state index contributed by atoms with van der Waals surface area (Å²) < 4.78 is 0. The predicted octanol–water partition coefficient (Wildman–Crippen LogP) is 1.17. The molecule has 0 aromatic heterocycles. The first-order valence-corrected chi connectivity index (χ1v) is 2.00. The molecule has 0 unspecified atom stereocenters. The Bertz CT molecular complexity index is 65.7. The number of allylic oxidation sites excluding steroid dienone is 1. The molecule has 3 heteroatoms. The number of aliphatic carboxylic acids is 1. The van der Waals surface area contributed by atoms with Gasteiger partial charge in [0.1, 0.15) is 0 Å². The van der Waals surface area contributed by atoms with Crippen LogP contribution in [0.4, 0.5) is 0 Å². The van der Waals surface area contributed by atoms with Gasteiger partial charge in [-0.1, -0.05) is 6.58 Å². The smallest absolute Gasteiger partial charge is 0.300 e. The van der Waals surface area contributed by atoms with Crippen molar-refractivity contribution in [2.24, 2.45) is 0 Å². The zero-order valence-corrected chi connectivity index (χ0v) is 5.01. The minimum absolute atomic E-state index is 0.167. The topological polar surface area (TPSA) is 57.5 Å². The maximum absolute atomic E-state index is 9.00. The fourth-order valence-electron chi connectivity index (χ4n) is 0. The number of hydrogen-bond acceptors (Lipinski definition) is 2. The SMILES string of the molecule is C=C(C)O.CC(=O)O. The number of aliphatic hydroxyl groups is 1. The third-order valence-corrected chi connectivity index (χ3v) is 0. The Labute approximate surface area is 48.3 Å². The average molecular weight is 118 g/mol. The molecule has 3 nitrogen and oxygen atoms in total. The van der Waals surface area contributed by atoms with Gasteiger partial charge in [0.15, 0.2) is 0 Å². The highest BCUT2D eigenvalue weighted by Gasteiger charge is 1.65. The molecule has 8 heavy (non-hydrogen) atoms. The average Bonchev–Trinajstić information content (AvgIpc) is 1.25. The molecule has 48 valence electrons. The van der Waals surface area contributed by atoms with Gasteiger partial charge in [-0.15, -0.1) is 0 Å². The number of carbonyl (C=O) groups is 1. The van der Waals surface area contributed by atoms with Crippen LogP contribution in [0.1, 0.15) is 13.8 Å². The summed E-state index contributed by atoms with van der Waals surface area (Å²) in [6.45, 7) is 5.72. The zero-order valence-electron chi connectivity index (χ0n) is 5.01. The summed E-state index contributed by atoms with van der Waals surface area (Å²) in [5.41, 5.74) is 0. The van der Waals surface area contributed by atoms with Crippen molar-refractivity contribution in [1.82, 2.24) is 0 Å². The van der Waals surface area contributed by atoms with Gasteiger partial charge >= 0.3 is 0 Å². The zero-order chi connectivity index (χ0) is 7.15. The second-order valence-electron chi connectivity index (χ2n) is 1.25. The van der Waals surface area contributed by atoms with E-state index in [4.69, 9.17) is 15.0 Å². The molecule has 0 radical (unpaired) electrons. The lowest BCUT2D eigenvalue weighted by atomic mass is 10.7. The maximum atomic E-state index is 9.00. The van der Waals surface area contributed by atoms with Crippen molar-refractivity contribution in [2.75, 3.05) is 0 Å². The van der Waals surface area contributed by atoms with Crippen LogP contribution in [0.3, 0.4) is 0 Å². The molecular weight excluding hydrogens is 108 g/mol. The van der Waals surface area contributed by atoms with Gasteiger partial charge in [0.25, 0.3) is 5.97 Å². The van der Waals surface area contributed by atoms with Gasteiger partial charge in [-0.05, 0) is 6.92 Å². The van der Waals surface area contributed by atoms with Crippen LogP contribution in [0.2, 0.25) is 0 Å². The summed E-state index contributed by atoms with van der Waals surface area (Å²) >= 11 is 0. The molecule has 0 heterocycles. The molecular formula is C5H10O3. The fourth-order valence-corrected chi connectivity index (χ4v) is 0. The van der Waals surface area contributed by atoms with E-state index in [1.807, 2.05) is 0 Å². The highest BCUT2D eigenvalue weighted by Crippen LogP contribution is 1.66. The van der Waals surface area contributed by atoms with Crippen LogP contribution in [-0.4, -0.2) is 16.2 Å². The highest BCUT2D eigenvalue weighted by molar-refractivity contribution is 5.62. The molecule has 0 atom stereocenters. The lowest BCUT2D eigenvalue weighted by Crippen LogP contribution is -1.78. The van der Waals surface area contributed by atoms with Crippen LogP contribution in [0.5, 0.6) is 0 Å². The molecule has 0 aliphatic rings. The quantitative estimate of drug-likeness (QED) is 0.469. The van der Waals surface area contributed by atoms with E-state index in [1.165, 1.54) is 6.92 Å². The number of rotatable bonds is 0. The Morgan fingerprint density at radius 2 is 1.38 bits per heavy atom. The van der Waals surface area contributed by atoms with Crippen molar-refractivity contribution in [2.45, 2.75) is 13.8 Å². The fraction of sp³-hybridized carbons (Fsp3) is 0.400. The largest absolute Gasteiger partial charge is 0.513 e. The molecule has 0 bridgehead atoms. The monoisotopic (exact) mass is 118 g/mol.